The molecule has 0 aliphatic carbocycles. The predicted octanol–water partition coefficient (Wildman–Crippen LogP) is 6.02. The van der Waals surface area contributed by atoms with Crippen molar-refractivity contribution >= 4 is 17.5 Å². The number of nitrogens with two attached hydrogens (primary N) is 1. The van der Waals surface area contributed by atoms with Crippen molar-refractivity contribution in [2.24, 2.45) is 5.73 Å². The van der Waals surface area contributed by atoms with Gasteiger partial charge in [0, 0.05) is 21.7 Å². The summed E-state index contributed by atoms with van der Waals surface area (Å²) in [5.74, 6) is -0.436. The van der Waals surface area contributed by atoms with Gasteiger partial charge in [-0.15, -0.1) is 0 Å². The van der Waals surface area contributed by atoms with Gasteiger partial charge in [-0.05, 0) is 67.1 Å². The minimum atomic E-state index is -0.436. The summed E-state index contributed by atoms with van der Waals surface area (Å²) >= 11 is 6.06. The second-order valence-electron chi connectivity index (χ2n) is 9.39. The van der Waals surface area contributed by atoms with Crippen LogP contribution in [0.25, 0.3) is 22.4 Å². The summed E-state index contributed by atoms with van der Waals surface area (Å²) in [5, 5.41) is 0.668. The van der Waals surface area contributed by atoms with Crippen LogP contribution >= 0.6 is 11.6 Å². The van der Waals surface area contributed by atoms with E-state index in [9.17, 15) is 4.79 Å². The Morgan fingerprint density at radius 2 is 1.62 bits per heavy atom. The van der Waals surface area contributed by atoms with Gasteiger partial charge in [0.15, 0.2) is 0 Å². The minimum absolute atomic E-state index is 0.163. The molecule has 29 heavy (non-hydrogen) atoms. The number of hydrogen-bond donors (Lipinski definition) is 1. The number of aromatic nitrogens is 2. The van der Waals surface area contributed by atoms with Crippen LogP contribution in [-0.4, -0.2) is 15.5 Å². The van der Waals surface area contributed by atoms with Crippen LogP contribution in [0.4, 0.5) is 0 Å². The average molecular weight is 410 g/mol. The normalized spacial score (nSPS) is 12.2. The minimum Gasteiger partial charge on any atom is -0.366 e. The van der Waals surface area contributed by atoms with Gasteiger partial charge in [0.1, 0.15) is 0 Å². The highest BCUT2D eigenvalue weighted by molar-refractivity contribution is 6.30. The maximum atomic E-state index is 12.5. The van der Waals surface area contributed by atoms with Gasteiger partial charge in [0.25, 0.3) is 0 Å². The molecule has 1 aromatic heterocycles. The van der Waals surface area contributed by atoms with Crippen molar-refractivity contribution < 1.29 is 4.79 Å². The molecule has 152 valence electrons. The van der Waals surface area contributed by atoms with Crippen molar-refractivity contribution in [1.29, 1.82) is 0 Å². The van der Waals surface area contributed by atoms with Gasteiger partial charge in [-0.1, -0.05) is 44.5 Å². The van der Waals surface area contributed by atoms with E-state index in [0.717, 1.165) is 27.9 Å². The predicted molar refractivity (Wildman–Crippen MR) is 120 cm³/mol. The molecule has 0 atom stereocenters. The van der Waals surface area contributed by atoms with Crippen LogP contribution in [0.3, 0.4) is 0 Å². The summed E-state index contributed by atoms with van der Waals surface area (Å²) in [6, 6.07) is 11.6. The van der Waals surface area contributed by atoms with E-state index in [4.69, 9.17) is 17.3 Å². The summed E-state index contributed by atoms with van der Waals surface area (Å²) < 4.78 is 2.13. The Hall–Kier alpha value is -2.59. The standard InChI is InChI=1S/C24H28ClN3O/c1-23(2,3)21-18(20-13-27-14-28(20)24(4,5)6)11-16(12-19(21)22(26)29)15-7-9-17(25)10-8-15/h7-14H,1-6H3,(H2,26,29). The van der Waals surface area contributed by atoms with Gasteiger partial charge >= 0.3 is 0 Å². The van der Waals surface area contributed by atoms with E-state index < -0.39 is 5.91 Å². The summed E-state index contributed by atoms with van der Waals surface area (Å²) in [6.07, 6.45) is 3.69. The number of amides is 1. The van der Waals surface area contributed by atoms with E-state index in [0.29, 0.717) is 10.6 Å². The molecule has 0 saturated carbocycles. The van der Waals surface area contributed by atoms with Crippen molar-refractivity contribution in [3.05, 3.63) is 65.1 Å². The monoisotopic (exact) mass is 409 g/mol. The number of benzene rings is 2. The number of hydrogen-bond acceptors (Lipinski definition) is 2. The average Bonchev–Trinajstić information content (AvgIpc) is 3.10. The van der Waals surface area contributed by atoms with Crippen LogP contribution in [0.1, 0.15) is 57.5 Å². The van der Waals surface area contributed by atoms with E-state index >= 15 is 0 Å². The second kappa shape index (κ2) is 7.34. The largest absolute Gasteiger partial charge is 0.366 e. The van der Waals surface area contributed by atoms with Crippen molar-refractivity contribution in [2.45, 2.75) is 52.5 Å². The number of rotatable bonds is 3. The third-order valence-electron chi connectivity index (χ3n) is 4.97. The molecule has 0 spiro atoms. The van der Waals surface area contributed by atoms with Gasteiger partial charge in [0.2, 0.25) is 5.91 Å². The summed E-state index contributed by atoms with van der Waals surface area (Å²) in [7, 11) is 0. The zero-order valence-corrected chi connectivity index (χ0v) is 18.6. The second-order valence-corrected chi connectivity index (χ2v) is 9.82. The lowest BCUT2D eigenvalue weighted by molar-refractivity contribution is 0.0998. The fourth-order valence-corrected chi connectivity index (χ4v) is 3.81. The molecule has 0 fully saturated rings. The molecule has 0 saturated heterocycles. The third-order valence-corrected chi connectivity index (χ3v) is 5.22. The Labute approximate surface area is 177 Å². The molecule has 2 N–H and O–H groups in total. The number of nitrogens with zero attached hydrogens (tertiary/aromatic N) is 2. The third kappa shape index (κ3) is 4.23. The molecule has 4 nitrogen and oxygen atoms in total. The lowest BCUT2D eigenvalue weighted by atomic mass is 9.78. The molecule has 5 heteroatoms. The van der Waals surface area contributed by atoms with Crippen molar-refractivity contribution in [2.75, 3.05) is 0 Å². The van der Waals surface area contributed by atoms with Crippen LogP contribution in [0, 0.1) is 0 Å². The molecule has 3 aromatic rings. The molecule has 0 aliphatic rings. The maximum absolute atomic E-state index is 12.5. The van der Waals surface area contributed by atoms with Gasteiger partial charge in [0.05, 0.1) is 18.2 Å². The SMILES string of the molecule is CC(C)(C)c1c(C(N)=O)cc(-c2ccc(Cl)cc2)cc1-c1cncn1C(C)(C)C. The first kappa shape index (κ1) is 21.1. The zero-order valence-electron chi connectivity index (χ0n) is 17.9. The topological polar surface area (TPSA) is 60.9 Å². The van der Waals surface area contributed by atoms with Gasteiger partial charge in [-0.3, -0.25) is 4.79 Å². The Morgan fingerprint density at radius 3 is 2.14 bits per heavy atom. The highest BCUT2D eigenvalue weighted by Gasteiger charge is 2.29. The quantitative estimate of drug-likeness (QED) is 0.574. The molecule has 3 rings (SSSR count). The van der Waals surface area contributed by atoms with E-state index in [1.54, 1.807) is 0 Å². The highest BCUT2D eigenvalue weighted by Crippen LogP contribution is 2.40. The summed E-state index contributed by atoms with van der Waals surface area (Å²) in [5.41, 5.74) is 10.7. The number of carbonyl (C=O) groups is 1. The fourth-order valence-electron chi connectivity index (χ4n) is 3.68. The Bertz CT molecular complexity index is 1050. The van der Waals surface area contributed by atoms with Crippen LogP contribution in [-0.2, 0) is 11.0 Å². The van der Waals surface area contributed by atoms with E-state index in [1.807, 2.05) is 42.9 Å². The molecule has 0 aliphatic heterocycles. The summed E-state index contributed by atoms with van der Waals surface area (Å²) in [4.78, 5) is 16.9. The smallest absolute Gasteiger partial charge is 0.249 e. The van der Waals surface area contributed by atoms with Crippen LogP contribution in [0.15, 0.2) is 48.9 Å². The van der Waals surface area contributed by atoms with Crippen LogP contribution in [0.2, 0.25) is 5.02 Å². The van der Waals surface area contributed by atoms with E-state index in [-0.39, 0.29) is 11.0 Å². The van der Waals surface area contributed by atoms with E-state index in [1.165, 1.54) is 0 Å². The molecule has 0 radical (unpaired) electrons. The Balaban J connectivity index is 2.40. The molecular weight excluding hydrogens is 382 g/mol. The summed E-state index contributed by atoms with van der Waals surface area (Å²) in [6.45, 7) is 12.7. The van der Waals surface area contributed by atoms with Crippen molar-refractivity contribution in [3.63, 3.8) is 0 Å². The van der Waals surface area contributed by atoms with Gasteiger partial charge in [-0.25, -0.2) is 4.98 Å². The van der Waals surface area contributed by atoms with E-state index in [2.05, 4.69) is 57.2 Å². The fraction of sp³-hybridized carbons (Fsp3) is 0.333. The number of primary amides is 1. The first-order chi connectivity index (χ1) is 13.4. The number of imidazole rings is 1. The molecule has 0 unspecified atom stereocenters. The van der Waals surface area contributed by atoms with Crippen LogP contribution in [0.5, 0.6) is 0 Å². The van der Waals surface area contributed by atoms with Crippen molar-refractivity contribution in [1.82, 2.24) is 9.55 Å². The van der Waals surface area contributed by atoms with Crippen molar-refractivity contribution in [3.8, 4) is 22.4 Å². The number of halogens is 1. The van der Waals surface area contributed by atoms with Gasteiger partial charge < -0.3 is 10.3 Å². The molecule has 1 heterocycles. The number of carbonyl (C=O) groups excluding carboxylic acids is 1. The lowest BCUT2D eigenvalue weighted by Crippen LogP contribution is -2.25. The maximum Gasteiger partial charge on any atom is 0.249 e. The first-order valence-electron chi connectivity index (χ1n) is 9.67. The Kier molecular flexibility index (Phi) is 5.35. The first-order valence-corrected chi connectivity index (χ1v) is 10.0. The van der Waals surface area contributed by atoms with Gasteiger partial charge in [-0.2, -0.15) is 0 Å². The molecule has 2 aromatic carbocycles. The molecular formula is C24H28ClN3O. The lowest BCUT2D eigenvalue weighted by Gasteiger charge is -2.29. The molecule has 1 amide bonds. The zero-order chi connectivity index (χ0) is 21.6. The van der Waals surface area contributed by atoms with Crippen LogP contribution < -0.4 is 5.73 Å². The molecule has 0 bridgehead atoms. The Morgan fingerprint density at radius 1 is 1.00 bits per heavy atom. The highest BCUT2D eigenvalue weighted by atomic mass is 35.5.